The highest BCUT2D eigenvalue weighted by Gasteiger charge is 2.22. The van der Waals surface area contributed by atoms with Gasteiger partial charge in [0.05, 0.1) is 20.4 Å². The summed E-state index contributed by atoms with van der Waals surface area (Å²) in [6.45, 7) is 5.80. The molecule has 9 nitrogen and oxygen atoms in total. The summed E-state index contributed by atoms with van der Waals surface area (Å²) < 4.78 is 61.8. The molecule has 0 saturated heterocycles. The molecule has 0 aliphatic rings. The molecule has 0 atom stereocenters. The van der Waals surface area contributed by atoms with Crippen LogP contribution in [0.15, 0.2) is 0 Å². The lowest BCUT2D eigenvalue weighted by Gasteiger charge is -2.13. The van der Waals surface area contributed by atoms with Crippen LogP contribution in [0.3, 0.4) is 0 Å². The molecule has 0 amide bonds. The molecule has 0 aliphatic carbocycles. The van der Waals surface area contributed by atoms with Gasteiger partial charge in [0.25, 0.3) is 0 Å². The summed E-state index contributed by atoms with van der Waals surface area (Å²) in [4.78, 5) is 0. The van der Waals surface area contributed by atoms with E-state index < -0.39 is 22.8 Å². The fourth-order valence-corrected chi connectivity index (χ4v) is 2.70. The van der Waals surface area contributed by atoms with Gasteiger partial charge in [0.1, 0.15) is 0 Å². The van der Waals surface area contributed by atoms with Gasteiger partial charge in [-0.3, -0.25) is 27.1 Å². The smallest absolute Gasteiger partial charge is 0.324 e. The Hall–Kier alpha value is 0.450. The molecule has 0 aliphatic heterocycles. The third kappa shape index (κ3) is 19.0. The summed E-state index contributed by atoms with van der Waals surface area (Å²) >= 11 is 0. The number of unbranched alkanes of at least 4 members (excludes halogenated alkanes) is 3. The second-order valence-electron chi connectivity index (χ2n) is 5.59. The maximum absolute atomic E-state index is 11.5. The van der Waals surface area contributed by atoms with Crippen molar-refractivity contribution in [2.24, 2.45) is 0 Å². The first kappa shape index (κ1) is 27.7. The van der Waals surface area contributed by atoms with Crippen molar-refractivity contribution in [3.8, 4) is 0 Å². The summed E-state index contributed by atoms with van der Waals surface area (Å²) in [7, 11) is -3.30. The summed E-state index contributed by atoms with van der Waals surface area (Å²) in [5.74, 6) is 0. The van der Waals surface area contributed by atoms with Crippen molar-refractivity contribution in [3.63, 3.8) is 0 Å². The van der Waals surface area contributed by atoms with Gasteiger partial charge in [-0.2, -0.15) is 0 Å². The van der Waals surface area contributed by atoms with E-state index in [-0.39, 0.29) is 13.2 Å². The molecule has 0 unspecified atom stereocenters. The quantitative estimate of drug-likeness (QED) is 0.308. The van der Waals surface area contributed by atoms with Crippen LogP contribution in [0.5, 0.6) is 0 Å². The molecule has 0 fully saturated rings. The monoisotopic (exact) mass is 426 g/mol. The van der Waals surface area contributed by atoms with E-state index in [1.54, 1.807) is 20.0 Å². The summed E-state index contributed by atoms with van der Waals surface area (Å²) in [6, 6.07) is 0. The highest BCUT2D eigenvalue weighted by molar-refractivity contribution is 7.61. The van der Waals surface area contributed by atoms with E-state index in [1.807, 2.05) is 0 Å². The Morgan fingerprint density at radius 1 is 0.560 bits per heavy atom. The van der Waals surface area contributed by atoms with Gasteiger partial charge in [0, 0.05) is 28.4 Å². The molecule has 0 aromatic carbocycles. The van der Waals surface area contributed by atoms with Crippen LogP contribution < -0.4 is 0 Å². The Morgan fingerprint density at radius 3 is 1.00 bits per heavy atom. The number of hydrogen-bond donors (Lipinski definition) is 0. The largest absolute Gasteiger partial charge is 0.474 e. The fourth-order valence-electron chi connectivity index (χ4n) is 1.27. The Balaban J connectivity index is 0. The average Bonchev–Trinajstić information content (AvgIpc) is 2.55. The molecule has 0 N–H and O–H groups in total. The van der Waals surface area contributed by atoms with Crippen molar-refractivity contribution in [3.05, 3.63) is 0 Å². The first-order valence-electron chi connectivity index (χ1n) is 7.70. The topological polar surface area (TPSA) is 107 Å². The van der Waals surface area contributed by atoms with Gasteiger partial charge in [0.15, 0.2) is 0 Å². The van der Waals surface area contributed by atoms with E-state index in [0.717, 1.165) is 12.8 Å². The molecule has 0 bridgehead atoms. The number of hydrogen-bond acceptors (Lipinski definition) is 9. The number of phosphoric ester groups is 2. The molecule has 0 saturated carbocycles. The second kappa shape index (κ2) is 14.5. The minimum Gasteiger partial charge on any atom is -0.324 e. The van der Waals surface area contributed by atoms with Gasteiger partial charge >= 0.3 is 15.6 Å². The predicted molar refractivity (Wildman–Crippen MR) is 99.0 cm³/mol. The van der Waals surface area contributed by atoms with E-state index in [2.05, 4.69) is 18.1 Å². The number of phosphoric acid groups is 2. The van der Waals surface area contributed by atoms with Crippen LogP contribution in [-0.4, -0.2) is 61.6 Å². The third-order valence-electron chi connectivity index (χ3n) is 2.43. The Labute approximate surface area is 151 Å². The van der Waals surface area contributed by atoms with Crippen molar-refractivity contribution in [2.45, 2.75) is 25.7 Å². The van der Waals surface area contributed by atoms with Gasteiger partial charge in [-0.05, 0) is 32.8 Å². The zero-order valence-electron chi connectivity index (χ0n) is 16.3. The molecular weight excluding hydrogens is 393 g/mol. The van der Waals surface area contributed by atoms with Crippen LogP contribution in [-0.2, 0) is 40.8 Å². The van der Waals surface area contributed by atoms with E-state index in [0.29, 0.717) is 12.8 Å². The van der Waals surface area contributed by atoms with Crippen LogP contribution in [0, 0.1) is 0 Å². The van der Waals surface area contributed by atoms with Crippen molar-refractivity contribution in [2.75, 3.05) is 61.6 Å². The molecule has 0 spiro atoms. The van der Waals surface area contributed by atoms with Crippen LogP contribution in [0.2, 0.25) is 0 Å². The fraction of sp³-hybridized carbons (Fsp3) is 1.00. The maximum atomic E-state index is 11.5. The molecule has 0 rings (SSSR count). The van der Waals surface area contributed by atoms with E-state index in [1.165, 1.54) is 28.4 Å². The van der Waals surface area contributed by atoms with Gasteiger partial charge < -0.3 is 4.57 Å². The van der Waals surface area contributed by atoms with Crippen molar-refractivity contribution in [1.82, 2.24) is 0 Å². The average molecular weight is 426 g/mol. The summed E-state index contributed by atoms with van der Waals surface area (Å²) in [6.07, 6.45) is 3.12. The normalized spacial score (nSPS) is 12.6. The minimum atomic E-state index is -3.37. The van der Waals surface area contributed by atoms with E-state index in [4.69, 9.17) is 9.05 Å². The van der Waals surface area contributed by atoms with Gasteiger partial charge in [-0.1, -0.05) is 12.8 Å². The molecule has 0 aromatic rings. The standard InChI is InChI=1S/C10H24O8P2.C3H9OP/c1-13-19(11,14-2)17-9-7-5-6-8-10-18-20(12,15-3)16-4;1-5(2,3)4/h5-10H2,1-4H3;1-3H3. The lowest BCUT2D eigenvalue weighted by Crippen LogP contribution is -1.99. The molecule has 0 aromatic heterocycles. The first-order chi connectivity index (χ1) is 11.4. The molecule has 25 heavy (non-hydrogen) atoms. The highest BCUT2D eigenvalue weighted by Crippen LogP contribution is 2.48. The SMILES string of the molecule is COP(=O)(OC)OCCCCCCOP(=O)(OC)OC.CP(C)(C)=O. The number of rotatable bonds is 13. The Kier molecular flexibility index (Phi) is 16.0. The van der Waals surface area contributed by atoms with Crippen molar-refractivity contribution in [1.29, 1.82) is 0 Å². The van der Waals surface area contributed by atoms with Crippen LogP contribution >= 0.6 is 22.8 Å². The maximum Gasteiger partial charge on any atom is 0.474 e. The molecular formula is C13H33O9P3. The van der Waals surface area contributed by atoms with Crippen LogP contribution in [0.1, 0.15) is 25.7 Å². The Morgan fingerprint density at radius 2 is 0.800 bits per heavy atom. The summed E-state index contributed by atoms with van der Waals surface area (Å²) in [5, 5.41) is 0. The van der Waals surface area contributed by atoms with E-state index in [9.17, 15) is 13.7 Å². The van der Waals surface area contributed by atoms with E-state index >= 15 is 0 Å². The molecule has 12 heteroatoms. The molecule has 0 radical (unpaired) electrons. The Bertz CT molecular complexity index is 407. The molecule has 0 heterocycles. The van der Waals surface area contributed by atoms with Gasteiger partial charge in [-0.15, -0.1) is 0 Å². The third-order valence-corrected chi connectivity index (χ3v) is 5.22. The predicted octanol–water partition coefficient (Wildman–Crippen LogP) is 4.62. The van der Waals surface area contributed by atoms with Crippen molar-refractivity contribution < 1.29 is 40.8 Å². The van der Waals surface area contributed by atoms with Crippen LogP contribution in [0.25, 0.3) is 0 Å². The van der Waals surface area contributed by atoms with Gasteiger partial charge in [-0.25, -0.2) is 9.13 Å². The molecule has 154 valence electrons. The summed E-state index contributed by atoms with van der Waals surface area (Å²) in [5.41, 5.74) is 0. The zero-order chi connectivity index (χ0) is 20.0. The lowest BCUT2D eigenvalue weighted by molar-refractivity contribution is 0.144. The lowest BCUT2D eigenvalue weighted by atomic mass is 10.2. The van der Waals surface area contributed by atoms with Crippen LogP contribution in [0.4, 0.5) is 0 Å². The first-order valence-corrected chi connectivity index (χ1v) is 13.7. The minimum absolute atomic E-state index is 0.286. The van der Waals surface area contributed by atoms with Gasteiger partial charge in [0.2, 0.25) is 0 Å². The highest BCUT2D eigenvalue weighted by atomic mass is 31.2. The zero-order valence-corrected chi connectivity index (χ0v) is 18.9. The second-order valence-corrected chi connectivity index (χ2v) is 13.1. The van der Waals surface area contributed by atoms with Crippen molar-refractivity contribution >= 4 is 22.8 Å².